The number of rotatable bonds is 5. The van der Waals surface area contributed by atoms with Gasteiger partial charge in [0.1, 0.15) is 5.54 Å². The smallest absolute Gasteiger partial charge is 0.105 e. The van der Waals surface area contributed by atoms with Crippen LogP contribution in [-0.2, 0) is 0 Å². The van der Waals surface area contributed by atoms with Crippen molar-refractivity contribution in [2.24, 2.45) is 0 Å². The van der Waals surface area contributed by atoms with Gasteiger partial charge >= 0.3 is 0 Å². The molecule has 0 fully saturated rings. The number of aryl methyl sites for hydroxylation is 1. The zero-order valence-electron chi connectivity index (χ0n) is 10.8. The van der Waals surface area contributed by atoms with Crippen molar-refractivity contribution in [2.45, 2.75) is 45.7 Å². The molecule has 0 aliphatic heterocycles. The third-order valence-corrected chi connectivity index (χ3v) is 3.20. The molecule has 0 saturated heterocycles. The zero-order valence-corrected chi connectivity index (χ0v) is 11.5. The minimum atomic E-state index is -0.527. The maximum absolute atomic E-state index is 9.20. The summed E-state index contributed by atoms with van der Waals surface area (Å²) in [5, 5.41) is 17.4. The van der Waals surface area contributed by atoms with E-state index in [4.69, 9.17) is 11.6 Å². The van der Waals surface area contributed by atoms with Crippen LogP contribution in [0.4, 0.5) is 0 Å². The normalized spacial score (nSPS) is 16.2. The Morgan fingerprint density at radius 1 is 1.71 bits per heavy atom. The van der Waals surface area contributed by atoms with Gasteiger partial charge in [-0.25, -0.2) is 0 Å². The first-order valence-corrected chi connectivity index (χ1v) is 6.17. The molecule has 0 amide bonds. The fraction of sp³-hybridized carbons (Fsp3) is 0.667. The van der Waals surface area contributed by atoms with E-state index in [1.807, 2.05) is 38.6 Å². The predicted octanol–water partition coefficient (Wildman–Crippen LogP) is 2.69. The van der Waals surface area contributed by atoms with Gasteiger partial charge in [0.15, 0.2) is 0 Å². The first kappa shape index (κ1) is 14.0. The second-order valence-corrected chi connectivity index (χ2v) is 4.98. The van der Waals surface area contributed by atoms with Crippen molar-refractivity contribution in [3.63, 3.8) is 0 Å². The lowest BCUT2D eigenvalue weighted by Gasteiger charge is -2.26. The third-order valence-electron chi connectivity index (χ3n) is 2.83. The van der Waals surface area contributed by atoms with Crippen molar-refractivity contribution >= 4 is 11.6 Å². The summed E-state index contributed by atoms with van der Waals surface area (Å²) >= 11 is 5.98. The summed E-state index contributed by atoms with van der Waals surface area (Å²) in [5.74, 6) is 0. The highest BCUT2D eigenvalue weighted by Gasteiger charge is 2.26. The van der Waals surface area contributed by atoms with E-state index < -0.39 is 5.54 Å². The first-order chi connectivity index (χ1) is 7.91. The predicted molar refractivity (Wildman–Crippen MR) is 69.0 cm³/mol. The average Bonchev–Trinajstić information content (AvgIpc) is 2.60. The zero-order chi connectivity index (χ0) is 13.1. The van der Waals surface area contributed by atoms with E-state index in [1.54, 1.807) is 0 Å². The average molecular weight is 255 g/mol. The summed E-state index contributed by atoms with van der Waals surface area (Å²) in [7, 11) is 0. The first-order valence-electron chi connectivity index (χ1n) is 5.79. The lowest BCUT2D eigenvalue weighted by Crippen LogP contribution is -2.42. The summed E-state index contributed by atoms with van der Waals surface area (Å²) in [6.07, 6.45) is 2.50. The Kier molecular flexibility index (Phi) is 4.55. The van der Waals surface area contributed by atoms with Gasteiger partial charge in [-0.05, 0) is 27.3 Å². The molecule has 0 aliphatic rings. The largest absolute Gasteiger partial charge is 0.300 e. The van der Waals surface area contributed by atoms with E-state index in [9.17, 15) is 5.26 Å². The Morgan fingerprint density at radius 2 is 2.35 bits per heavy atom. The molecule has 1 aromatic heterocycles. The Bertz CT molecular complexity index is 401. The number of aromatic nitrogens is 2. The van der Waals surface area contributed by atoms with Gasteiger partial charge in [-0.15, -0.1) is 0 Å². The molecule has 1 aromatic rings. The molecule has 2 unspecified atom stereocenters. The van der Waals surface area contributed by atoms with Crippen LogP contribution in [0.15, 0.2) is 6.20 Å². The quantitative estimate of drug-likeness (QED) is 0.879. The Balaban J connectivity index is 2.78. The van der Waals surface area contributed by atoms with Gasteiger partial charge in [0.2, 0.25) is 0 Å². The van der Waals surface area contributed by atoms with Gasteiger partial charge in [0.05, 0.1) is 22.8 Å². The molecule has 0 saturated carbocycles. The molecule has 2 atom stereocenters. The van der Waals surface area contributed by atoms with E-state index in [2.05, 4.69) is 16.5 Å². The van der Waals surface area contributed by atoms with Gasteiger partial charge in [-0.3, -0.25) is 10.00 Å². The Morgan fingerprint density at radius 3 is 2.76 bits per heavy atom. The van der Waals surface area contributed by atoms with Gasteiger partial charge in [-0.1, -0.05) is 18.5 Å². The van der Waals surface area contributed by atoms with E-state index in [0.29, 0.717) is 11.4 Å². The second-order valence-electron chi connectivity index (χ2n) is 4.57. The summed E-state index contributed by atoms with van der Waals surface area (Å²) < 4.78 is 1.82. The van der Waals surface area contributed by atoms with Crippen molar-refractivity contribution < 1.29 is 0 Å². The molecule has 0 aliphatic carbocycles. The minimum absolute atomic E-state index is 0.130. The molecule has 0 spiro atoms. The highest BCUT2D eigenvalue weighted by Crippen LogP contribution is 2.22. The number of nitriles is 1. The minimum Gasteiger partial charge on any atom is -0.300 e. The van der Waals surface area contributed by atoms with Crippen LogP contribution >= 0.6 is 11.6 Å². The van der Waals surface area contributed by atoms with Crippen molar-refractivity contribution in [3.8, 4) is 6.07 Å². The highest BCUT2D eigenvalue weighted by atomic mass is 35.5. The van der Waals surface area contributed by atoms with Crippen molar-refractivity contribution in [2.75, 3.05) is 6.54 Å². The standard InChI is InChI=1S/C12H19ClN4/c1-5-15-12(4,8-14)6-9(2)17-7-11(13)10(3)16-17/h7,9,15H,5-6H2,1-4H3. The fourth-order valence-corrected chi connectivity index (χ4v) is 2.05. The van der Waals surface area contributed by atoms with E-state index >= 15 is 0 Å². The molecule has 5 heteroatoms. The van der Waals surface area contributed by atoms with E-state index in [-0.39, 0.29) is 6.04 Å². The van der Waals surface area contributed by atoms with Crippen molar-refractivity contribution in [1.29, 1.82) is 5.26 Å². The fourth-order valence-electron chi connectivity index (χ4n) is 1.92. The molecule has 0 aromatic carbocycles. The van der Waals surface area contributed by atoms with Crippen LogP contribution in [0.25, 0.3) is 0 Å². The number of nitrogens with zero attached hydrogens (tertiary/aromatic N) is 3. The molecular weight excluding hydrogens is 236 g/mol. The lowest BCUT2D eigenvalue weighted by molar-refractivity contribution is 0.337. The van der Waals surface area contributed by atoms with Crippen LogP contribution in [0.1, 0.15) is 38.9 Å². The maximum Gasteiger partial charge on any atom is 0.105 e. The van der Waals surface area contributed by atoms with Crippen LogP contribution < -0.4 is 5.32 Å². The summed E-state index contributed by atoms with van der Waals surface area (Å²) in [6.45, 7) is 8.59. The Hall–Kier alpha value is -1.05. The summed E-state index contributed by atoms with van der Waals surface area (Å²) in [6, 6.07) is 2.45. The van der Waals surface area contributed by atoms with Crippen LogP contribution in [0.3, 0.4) is 0 Å². The molecule has 4 nitrogen and oxygen atoms in total. The molecule has 94 valence electrons. The molecule has 17 heavy (non-hydrogen) atoms. The molecule has 0 bridgehead atoms. The number of nitrogens with one attached hydrogen (secondary N) is 1. The topological polar surface area (TPSA) is 53.6 Å². The number of hydrogen-bond donors (Lipinski definition) is 1. The van der Waals surface area contributed by atoms with E-state index in [0.717, 1.165) is 12.2 Å². The molecular formula is C12H19ClN4. The second kappa shape index (κ2) is 5.52. The van der Waals surface area contributed by atoms with Gasteiger partial charge in [0.25, 0.3) is 0 Å². The SMILES string of the molecule is CCNC(C)(C#N)CC(C)n1cc(Cl)c(C)n1. The summed E-state index contributed by atoms with van der Waals surface area (Å²) in [4.78, 5) is 0. The van der Waals surface area contributed by atoms with Gasteiger partial charge < -0.3 is 0 Å². The van der Waals surface area contributed by atoms with Gasteiger partial charge in [0, 0.05) is 12.6 Å². The van der Waals surface area contributed by atoms with Crippen LogP contribution in [0.5, 0.6) is 0 Å². The lowest BCUT2D eigenvalue weighted by atomic mass is 9.95. The number of hydrogen-bond acceptors (Lipinski definition) is 3. The summed E-state index contributed by atoms with van der Waals surface area (Å²) in [5.41, 5.74) is 0.293. The van der Waals surface area contributed by atoms with Crippen molar-refractivity contribution in [3.05, 3.63) is 16.9 Å². The molecule has 1 rings (SSSR count). The molecule has 1 N–H and O–H groups in total. The van der Waals surface area contributed by atoms with Crippen molar-refractivity contribution in [1.82, 2.24) is 15.1 Å². The van der Waals surface area contributed by atoms with E-state index in [1.165, 1.54) is 0 Å². The van der Waals surface area contributed by atoms with Crippen LogP contribution in [0, 0.1) is 18.3 Å². The van der Waals surface area contributed by atoms with Gasteiger partial charge in [-0.2, -0.15) is 10.4 Å². The van der Waals surface area contributed by atoms with Crippen LogP contribution in [0.2, 0.25) is 5.02 Å². The number of halogens is 1. The third kappa shape index (κ3) is 3.45. The highest BCUT2D eigenvalue weighted by molar-refractivity contribution is 6.31. The molecule has 0 radical (unpaired) electrons. The monoisotopic (exact) mass is 254 g/mol. The van der Waals surface area contributed by atoms with Crippen LogP contribution in [-0.4, -0.2) is 21.9 Å². The Labute approximate surface area is 108 Å². The molecule has 1 heterocycles. The maximum atomic E-state index is 9.20.